The van der Waals surface area contributed by atoms with E-state index in [0.29, 0.717) is 5.92 Å². The number of methoxy groups -OCH3 is 1. The molecule has 17 heavy (non-hydrogen) atoms. The molecule has 0 amide bonds. The summed E-state index contributed by atoms with van der Waals surface area (Å²) in [7, 11) is 1.62. The molecule has 0 heterocycles. The highest BCUT2D eigenvalue weighted by molar-refractivity contribution is 9.10. The molecule has 0 bridgehead atoms. The van der Waals surface area contributed by atoms with Gasteiger partial charge in [-0.3, -0.25) is 0 Å². The van der Waals surface area contributed by atoms with Crippen LogP contribution in [0, 0.1) is 5.92 Å². The zero-order valence-corrected chi connectivity index (χ0v) is 12.2. The molecule has 0 saturated heterocycles. The molecular formula is C13H20BrNO2. The number of ether oxygens (including phenoxy) is 2. The molecule has 0 aromatic heterocycles. The Hall–Kier alpha value is -0.580. The molecule has 0 aliphatic carbocycles. The van der Waals surface area contributed by atoms with Crippen molar-refractivity contribution in [2.75, 3.05) is 20.4 Å². The molecule has 1 N–H and O–H groups in total. The fourth-order valence-corrected chi connectivity index (χ4v) is 1.79. The van der Waals surface area contributed by atoms with Crippen LogP contribution in [-0.4, -0.2) is 20.4 Å². The van der Waals surface area contributed by atoms with Crippen LogP contribution in [0.3, 0.4) is 0 Å². The van der Waals surface area contributed by atoms with Crippen molar-refractivity contribution in [1.29, 1.82) is 0 Å². The molecule has 0 saturated carbocycles. The second kappa shape index (κ2) is 7.69. The van der Waals surface area contributed by atoms with E-state index in [1.807, 2.05) is 18.2 Å². The van der Waals surface area contributed by atoms with E-state index in [9.17, 15) is 0 Å². The van der Waals surface area contributed by atoms with Crippen LogP contribution in [0.5, 0.6) is 5.75 Å². The Morgan fingerprint density at radius 3 is 2.76 bits per heavy atom. The van der Waals surface area contributed by atoms with Crippen molar-refractivity contribution in [3.05, 3.63) is 28.2 Å². The third-order valence-electron chi connectivity index (χ3n) is 2.23. The van der Waals surface area contributed by atoms with Gasteiger partial charge in [-0.2, -0.15) is 0 Å². The van der Waals surface area contributed by atoms with Crippen molar-refractivity contribution in [3.63, 3.8) is 0 Å². The van der Waals surface area contributed by atoms with Gasteiger partial charge < -0.3 is 14.8 Å². The Balaban J connectivity index is 2.56. The lowest BCUT2D eigenvalue weighted by Crippen LogP contribution is -2.19. The predicted octanol–water partition coefficient (Wildman–Crippen LogP) is 3.18. The van der Waals surface area contributed by atoms with Gasteiger partial charge >= 0.3 is 0 Å². The molecule has 0 radical (unpaired) electrons. The van der Waals surface area contributed by atoms with Crippen molar-refractivity contribution in [2.24, 2.45) is 5.92 Å². The smallest absolute Gasteiger partial charge is 0.188 e. The third-order valence-corrected chi connectivity index (χ3v) is 3.00. The van der Waals surface area contributed by atoms with E-state index in [1.165, 1.54) is 5.56 Å². The van der Waals surface area contributed by atoms with Gasteiger partial charge in [0.25, 0.3) is 0 Å². The summed E-state index contributed by atoms with van der Waals surface area (Å²) >= 11 is 3.54. The van der Waals surface area contributed by atoms with E-state index in [-0.39, 0.29) is 6.79 Å². The van der Waals surface area contributed by atoms with Crippen LogP contribution >= 0.6 is 15.9 Å². The summed E-state index contributed by atoms with van der Waals surface area (Å²) in [5.41, 5.74) is 1.19. The molecule has 1 aromatic carbocycles. The maximum Gasteiger partial charge on any atom is 0.188 e. The summed E-state index contributed by atoms with van der Waals surface area (Å²) in [4.78, 5) is 0. The zero-order valence-electron chi connectivity index (χ0n) is 10.6. The number of halogens is 1. The Morgan fingerprint density at radius 1 is 1.35 bits per heavy atom. The maximum atomic E-state index is 5.41. The van der Waals surface area contributed by atoms with Crippen LogP contribution in [0.1, 0.15) is 19.4 Å². The van der Waals surface area contributed by atoms with E-state index in [4.69, 9.17) is 9.47 Å². The van der Waals surface area contributed by atoms with Crippen molar-refractivity contribution in [1.82, 2.24) is 5.32 Å². The Morgan fingerprint density at radius 2 is 2.12 bits per heavy atom. The van der Waals surface area contributed by atoms with Gasteiger partial charge in [0.2, 0.25) is 0 Å². The molecule has 0 spiro atoms. The number of rotatable bonds is 7. The first kappa shape index (κ1) is 14.5. The number of benzene rings is 1. The highest BCUT2D eigenvalue weighted by Crippen LogP contribution is 2.22. The van der Waals surface area contributed by atoms with Crippen LogP contribution in [0.15, 0.2) is 22.7 Å². The van der Waals surface area contributed by atoms with Gasteiger partial charge in [0.1, 0.15) is 5.75 Å². The highest BCUT2D eigenvalue weighted by Gasteiger charge is 2.03. The van der Waals surface area contributed by atoms with Crippen LogP contribution < -0.4 is 10.1 Å². The summed E-state index contributed by atoms with van der Waals surface area (Å²) in [6.45, 7) is 6.51. The lowest BCUT2D eigenvalue weighted by Gasteiger charge is -2.11. The van der Waals surface area contributed by atoms with Gasteiger partial charge in [0.05, 0.1) is 0 Å². The van der Waals surface area contributed by atoms with Crippen LogP contribution in [-0.2, 0) is 11.3 Å². The van der Waals surface area contributed by atoms with Gasteiger partial charge in [0, 0.05) is 18.1 Å². The van der Waals surface area contributed by atoms with E-state index in [2.05, 4.69) is 35.1 Å². The third kappa shape index (κ3) is 5.52. The SMILES string of the molecule is COCOc1ccc(Br)c(CNCC(C)C)c1. The van der Waals surface area contributed by atoms with Gasteiger partial charge in [-0.1, -0.05) is 29.8 Å². The zero-order chi connectivity index (χ0) is 12.7. The van der Waals surface area contributed by atoms with Gasteiger partial charge in [-0.15, -0.1) is 0 Å². The summed E-state index contributed by atoms with van der Waals surface area (Å²) in [6.07, 6.45) is 0. The number of nitrogens with one attached hydrogen (secondary N) is 1. The van der Waals surface area contributed by atoms with E-state index >= 15 is 0 Å². The lowest BCUT2D eigenvalue weighted by molar-refractivity contribution is 0.0510. The fraction of sp³-hybridized carbons (Fsp3) is 0.538. The highest BCUT2D eigenvalue weighted by atomic mass is 79.9. The molecule has 1 aromatic rings. The topological polar surface area (TPSA) is 30.5 Å². The van der Waals surface area contributed by atoms with Gasteiger partial charge in [-0.05, 0) is 36.2 Å². The molecule has 3 nitrogen and oxygen atoms in total. The molecule has 4 heteroatoms. The number of hydrogen-bond acceptors (Lipinski definition) is 3. The minimum atomic E-state index is 0.278. The molecule has 0 atom stereocenters. The van der Waals surface area contributed by atoms with E-state index in [1.54, 1.807) is 7.11 Å². The Kier molecular flexibility index (Phi) is 6.55. The summed E-state index contributed by atoms with van der Waals surface area (Å²) in [5, 5.41) is 3.41. The van der Waals surface area contributed by atoms with Crippen molar-refractivity contribution >= 4 is 15.9 Å². The van der Waals surface area contributed by atoms with E-state index < -0.39 is 0 Å². The summed E-state index contributed by atoms with van der Waals surface area (Å²) in [5.74, 6) is 1.48. The van der Waals surface area contributed by atoms with Crippen LogP contribution in [0.25, 0.3) is 0 Å². The normalized spacial score (nSPS) is 10.9. The van der Waals surface area contributed by atoms with E-state index in [0.717, 1.165) is 23.3 Å². The largest absolute Gasteiger partial charge is 0.468 e. The standard InChI is InChI=1S/C13H20BrNO2/c1-10(2)7-15-8-11-6-12(17-9-16-3)4-5-13(11)14/h4-6,10,15H,7-9H2,1-3H3. The van der Waals surface area contributed by atoms with Crippen LogP contribution in [0.2, 0.25) is 0 Å². The van der Waals surface area contributed by atoms with Gasteiger partial charge in [0.15, 0.2) is 6.79 Å². The molecule has 0 aliphatic heterocycles. The van der Waals surface area contributed by atoms with Crippen molar-refractivity contribution in [2.45, 2.75) is 20.4 Å². The Bertz CT molecular complexity index is 342. The molecule has 0 aliphatic rings. The van der Waals surface area contributed by atoms with Crippen LogP contribution in [0.4, 0.5) is 0 Å². The average Bonchev–Trinajstić information content (AvgIpc) is 2.29. The second-order valence-corrected chi connectivity index (χ2v) is 5.18. The average molecular weight is 302 g/mol. The molecule has 0 unspecified atom stereocenters. The first-order valence-electron chi connectivity index (χ1n) is 5.74. The minimum absolute atomic E-state index is 0.278. The quantitative estimate of drug-likeness (QED) is 0.785. The second-order valence-electron chi connectivity index (χ2n) is 4.33. The lowest BCUT2D eigenvalue weighted by atomic mass is 10.2. The first-order valence-corrected chi connectivity index (χ1v) is 6.53. The van der Waals surface area contributed by atoms with Crippen molar-refractivity contribution in [3.8, 4) is 5.75 Å². The summed E-state index contributed by atoms with van der Waals surface area (Å²) in [6, 6.07) is 5.95. The number of hydrogen-bond donors (Lipinski definition) is 1. The van der Waals surface area contributed by atoms with Crippen molar-refractivity contribution < 1.29 is 9.47 Å². The predicted molar refractivity (Wildman–Crippen MR) is 73.2 cm³/mol. The molecule has 96 valence electrons. The monoisotopic (exact) mass is 301 g/mol. The maximum absolute atomic E-state index is 5.41. The molecule has 0 fully saturated rings. The summed E-state index contributed by atoms with van der Waals surface area (Å²) < 4.78 is 11.4. The molecule has 1 rings (SSSR count). The molecular weight excluding hydrogens is 282 g/mol. The Labute approximate surface area is 112 Å². The minimum Gasteiger partial charge on any atom is -0.468 e. The van der Waals surface area contributed by atoms with Gasteiger partial charge in [-0.25, -0.2) is 0 Å². The fourth-order valence-electron chi connectivity index (χ4n) is 1.40. The first-order chi connectivity index (χ1) is 8.13.